The average Bonchev–Trinajstić information content (AvgIpc) is 2.65. The molecule has 0 saturated carbocycles. The average molecular weight is 408 g/mol. The van der Waals surface area contributed by atoms with Crippen LogP contribution in [0.5, 0.6) is 11.6 Å². The van der Waals surface area contributed by atoms with Crippen LogP contribution in [0.4, 0.5) is 0 Å². The molecule has 0 amide bonds. The fourth-order valence-electron chi connectivity index (χ4n) is 2.00. The van der Waals surface area contributed by atoms with Gasteiger partial charge in [-0.05, 0) is 46.3 Å². The number of ether oxygens (including phenoxy) is 4. The number of halogens is 1. The van der Waals surface area contributed by atoms with Crippen molar-refractivity contribution in [3.05, 3.63) is 51.6 Å². The minimum atomic E-state index is -0.435. The van der Waals surface area contributed by atoms with Gasteiger partial charge in [0.05, 0.1) is 25.5 Å². The minimum absolute atomic E-state index is 0.0621. The van der Waals surface area contributed by atoms with Crippen molar-refractivity contribution in [2.24, 2.45) is 0 Å². The molecular formula is C18H18BrNO5. The van der Waals surface area contributed by atoms with Crippen LogP contribution in [-0.4, -0.2) is 39.1 Å². The van der Waals surface area contributed by atoms with Crippen LogP contribution in [0.25, 0.3) is 12.2 Å². The molecular weight excluding hydrogens is 390 g/mol. The standard InChI is InChI=1S/C18H18BrNO5/c1-22-11-25-16-10-13(18(21)24-3)5-4-12(16)6-8-15-14(19)7-9-17(20-15)23-2/h4-10H,11H2,1-3H3/b8-6+. The summed E-state index contributed by atoms with van der Waals surface area (Å²) in [5.41, 5.74) is 1.86. The Bertz CT molecular complexity index is 776. The number of pyridine rings is 1. The van der Waals surface area contributed by atoms with E-state index in [1.54, 1.807) is 31.4 Å². The van der Waals surface area contributed by atoms with Gasteiger partial charge in [0.1, 0.15) is 5.75 Å². The number of hydrogen-bond acceptors (Lipinski definition) is 6. The molecule has 1 aromatic heterocycles. The number of aromatic nitrogens is 1. The quantitative estimate of drug-likeness (QED) is 0.513. The lowest BCUT2D eigenvalue weighted by atomic mass is 10.1. The predicted octanol–water partition coefficient (Wildman–Crippen LogP) is 3.79. The summed E-state index contributed by atoms with van der Waals surface area (Å²) < 4.78 is 21.2. The molecule has 0 aliphatic heterocycles. The number of benzene rings is 1. The number of methoxy groups -OCH3 is 3. The molecule has 0 unspecified atom stereocenters. The van der Waals surface area contributed by atoms with E-state index in [1.165, 1.54) is 14.2 Å². The maximum atomic E-state index is 11.7. The second kappa shape index (κ2) is 9.19. The number of hydrogen-bond donors (Lipinski definition) is 0. The van der Waals surface area contributed by atoms with Gasteiger partial charge in [-0.15, -0.1) is 0 Å². The highest BCUT2D eigenvalue weighted by Gasteiger charge is 2.10. The van der Waals surface area contributed by atoms with Crippen molar-refractivity contribution in [3.63, 3.8) is 0 Å². The van der Waals surface area contributed by atoms with E-state index in [-0.39, 0.29) is 6.79 Å². The molecule has 1 aromatic carbocycles. The van der Waals surface area contributed by atoms with Crippen LogP contribution < -0.4 is 9.47 Å². The van der Waals surface area contributed by atoms with E-state index in [1.807, 2.05) is 18.2 Å². The van der Waals surface area contributed by atoms with Crippen molar-refractivity contribution < 1.29 is 23.7 Å². The zero-order chi connectivity index (χ0) is 18.2. The SMILES string of the molecule is COCOc1cc(C(=O)OC)ccc1/C=C/c1nc(OC)ccc1Br. The topological polar surface area (TPSA) is 66.9 Å². The molecule has 25 heavy (non-hydrogen) atoms. The predicted molar refractivity (Wildman–Crippen MR) is 97.7 cm³/mol. The molecule has 1 heterocycles. The highest BCUT2D eigenvalue weighted by atomic mass is 79.9. The van der Waals surface area contributed by atoms with Gasteiger partial charge >= 0.3 is 5.97 Å². The van der Waals surface area contributed by atoms with E-state index in [2.05, 4.69) is 20.9 Å². The second-order valence-corrected chi connectivity index (χ2v) is 5.70. The summed E-state index contributed by atoms with van der Waals surface area (Å²) in [6.07, 6.45) is 3.65. The van der Waals surface area contributed by atoms with Crippen molar-refractivity contribution >= 4 is 34.1 Å². The zero-order valence-electron chi connectivity index (χ0n) is 14.1. The summed E-state index contributed by atoms with van der Waals surface area (Å²) >= 11 is 3.45. The lowest BCUT2D eigenvalue weighted by Gasteiger charge is -2.10. The smallest absolute Gasteiger partial charge is 0.337 e. The van der Waals surface area contributed by atoms with Crippen molar-refractivity contribution in [1.29, 1.82) is 0 Å². The molecule has 0 N–H and O–H groups in total. The van der Waals surface area contributed by atoms with Gasteiger partial charge in [0.25, 0.3) is 0 Å². The van der Waals surface area contributed by atoms with Crippen molar-refractivity contribution in [2.45, 2.75) is 0 Å². The van der Waals surface area contributed by atoms with E-state index in [0.29, 0.717) is 22.9 Å². The summed E-state index contributed by atoms with van der Waals surface area (Å²) in [6.45, 7) is 0.0621. The van der Waals surface area contributed by atoms with Crippen molar-refractivity contribution in [3.8, 4) is 11.6 Å². The third-order valence-electron chi connectivity index (χ3n) is 3.24. The van der Waals surface area contributed by atoms with Crippen LogP contribution >= 0.6 is 15.9 Å². The Morgan fingerprint density at radius 2 is 1.96 bits per heavy atom. The summed E-state index contributed by atoms with van der Waals surface area (Å²) in [5, 5.41) is 0. The van der Waals surface area contributed by atoms with Gasteiger partial charge in [0.15, 0.2) is 6.79 Å². The Morgan fingerprint density at radius 1 is 1.16 bits per heavy atom. The van der Waals surface area contributed by atoms with Gasteiger partial charge in [-0.3, -0.25) is 0 Å². The summed E-state index contributed by atoms with van der Waals surface area (Å²) in [6, 6.07) is 8.66. The number of esters is 1. The van der Waals surface area contributed by atoms with Crippen LogP contribution in [0.1, 0.15) is 21.6 Å². The second-order valence-electron chi connectivity index (χ2n) is 4.85. The lowest BCUT2D eigenvalue weighted by molar-refractivity contribution is 0.0502. The van der Waals surface area contributed by atoms with Gasteiger partial charge in [-0.2, -0.15) is 0 Å². The van der Waals surface area contributed by atoms with E-state index in [9.17, 15) is 4.79 Å². The molecule has 0 spiro atoms. The molecule has 2 rings (SSSR count). The fourth-order valence-corrected chi connectivity index (χ4v) is 2.36. The molecule has 0 aliphatic rings. The van der Waals surface area contributed by atoms with Gasteiger partial charge in [-0.25, -0.2) is 9.78 Å². The number of nitrogens with zero attached hydrogens (tertiary/aromatic N) is 1. The van der Waals surface area contributed by atoms with Crippen LogP contribution in [-0.2, 0) is 9.47 Å². The van der Waals surface area contributed by atoms with Crippen molar-refractivity contribution in [2.75, 3.05) is 28.1 Å². The Balaban J connectivity index is 2.35. The first kappa shape index (κ1) is 19.0. The summed E-state index contributed by atoms with van der Waals surface area (Å²) in [7, 11) is 4.42. The first-order chi connectivity index (χ1) is 12.1. The van der Waals surface area contributed by atoms with Crippen LogP contribution in [0.2, 0.25) is 0 Å². The van der Waals surface area contributed by atoms with Crippen LogP contribution in [0.15, 0.2) is 34.8 Å². The largest absolute Gasteiger partial charge is 0.481 e. The molecule has 7 heteroatoms. The number of carbonyl (C=O) groups is 1. The first-order valence-electron chi connectivity index (χ1n) is 7.31. The van der Waals surface area contributed by atoms with Gasteiger partial charge in [-0.1, -0.05) is 6.07 Å². The molecule has 0 saturated heterocycles. The van der Waals surface area contributed by atoms with Gasteiger partial charge in [0.2, 0.25) is 5.88 Å². The maximum absolute atomic E-state index is 11.7. The molecule has 6 nitrogen and oxygen atoms in total. The Labute approximate surface area is 154 Å². The van der Waals surface area contributed by atoms with Gasteiger partial charge < -0.3 is 18.9 Å². The number of carbonyl (C=O) groups excluding carboxylic acids is 1. The van der Waals surface area contributed by atoms with E-state index in [4.69, 9.17) is 18.9 Å². The molecule has 0 fully saturated rings. The van der Waals surface area contributed by atoms with Crippen LogP contribution in [0, 0.1) is 0 Å². The Hall–Kier alpha value is -2.38. The molecule has 0 bridgehead atoms. The van der Waals surface area contributed by atoms with Crippen LogP contribution in [0.3, 0.4) is 0 Å². The minimum Gasteiger partial charge on any atom is -0.481 e. The summed E-state index contributed by atoms with van der Waals surface area (Å²) in [4.78, 5) is 16.0. The normalized spacial score (nSPS) is 10.7. The fraction of sp³-hybridized carbons (Fsp3) is 0.222. The van der Waals surface area contributed by atoms with E-state index >= 15 is 0 Å². The molecule has 0 aliphatic carbocycles. The number of rotatable bonds is 7. The Kier molecular flexibility index (Phi) is 6.97. The highest BCUT2D eigenvalue weighted by molar-refractivity contribution is 9.10. The maximum Gasteiger partial charge on any atom is 0.337 e. The third-order valence-corrected chi connectivity index (χ3v) is 3.91. The molecule has 132 valence electrons. The molecule has 2 aromatic rings. The highest BCUT2D eigenvalue weighted by Crippen LogP contribution is 2.25. The van der Waals surface area contributed by atoms with Gasteiger partial charge in [0, 0.05) is 23.2 Å². The first-order valence-corrected chi connectivity index (χ1v) is 8.11. The molecule has 0 atom stereocenters. The monoisotopic (exact) mass is 407 g/mol. The lowest BCUT2D eigenvalue weighted by Crippen LogP contribution is -2.04. The zero-order valence-corrected chi connectivity index (χ0v) is 15.7. The third kappa shape index (κ3) is 5.04. The Morgan fingerprint density at radius 3 is 2.64 bits per heavy atom. The van der Waals surface area contributed by atoms with E-state index in [0.717, 1.165) is 10.0 Å². The molecule has 0 radical (unpaired) electrons. The summed E-state index contributed by atoms with van der Waals surface area (Å²) in [5.74, 6) is 0.578. The van der Waals surface area contributed by atoms with Crippen molar-refractivity contribution in [1.82, 2.24) is 4.98 Å². The van der Waals surface area contributed by atoms with E-state index < -0.39 is 5.97 Å².